The van der Waals surface area contributed by atoms with Gasteiger partial charge in [-0.15, -0.1) is 0 Å². The van der Waals surface area contributed by atoms with Gasteiger partial charge in [0.25, 0.3) is 5.91 Å². The summed E-state index contributed by atoms with van der Waals surface area (Å²) in [6, 6.07) is 35.4. The highest BCUT2D eigenvalue weighted by molar-refractivity contribution is 6.08. The third-order valence-corrected chi connectivity index (χ3v) is 7.18. The van der Waals surface area contributed by atoms with Gasteiger partial charge in [0.05, 0.1) is 11.6 Å². The maximum absolute atomic E-state index is 13.8. The predicted molar refractivity (Wildman–Crippen MR) is 141 cm³/mol. The van der Waals surface area contributed by atoms with Crippen molar-refractivity contribution in [1.29, 1.82) is 5.26 Å². The Bertz CT molecular complexity index is 1560. The van der Waals surface area contributed by atoms with Gasteiger partial charge in [0.1, 0.15) is 11.9 Å². The number of carbonyl (C=O) groups excluding carboxylic acids is 1. The molecule has 6 nitrogen and oxygen atoms in total. The normalized spacial score (nSPS) is 21.9. The molecule has 37 heavy (non-hydrogen) atoms. The molecule has 4 aromatic carbocycles. The van der Waals surface area contributed by atoms with Gasteiger partial charge in [0.15, 0.2) is 11.5 Å². The van der Waals surface area contributed by atoms with Crippen LogP contribution in [0.1, 0.15) is 28.4 Å². The lowest BCUT2D eigenvalue weighted by Gasteiger charge is -2.44. The summed E-state index contributed by atoms with van der Waals surface area (Å²) < 4.78 is 6.67. The molecule has 4 aromatic rings. The average molecular weight is 485 g/mol. The fourth-order valence-electron chi connectivity index (χ4n) is 5.50. The number of hydrogen-bond acceptors (Lipinski definition) is 5. The summed E-state index contributed by atoms with van der Waals surface area (Å²) in [5, 5.41) is 12.2. The van der Waals surface area contributed by atoms with E-state index in [1.54, 1.807) is 6.07 Å². The van der Waals surface area contributed by atoms with E-state index in [0.717, 1.165) is 22.3 Å². The van der Waals surface area contributed by atoms with E-state index >= 15 is 0 Å². The molecule has 2 heterocycles. The molecule has 2 aliphatic heterocycles. The molecule has 1 amide bonds. The van der Waals surface area contributed by atoms with Crippen LogP contribution in [0.15, 0.2) is 108 Å². The van der Waals surface area contributed by atoms with Gasteiger partial charge >= 0.3 is 0 Å². The topological polar surface area (TPSA) is 101 Å². The molecule has 3 atom stereocenters. The van der Waals surface area contributed by atoms with Crippen LogP contribution in [0.25, 0.3) is 11.1 Å². The van der Waals surface area contributed by atoms with Gasteiger partial charge < -0.3 is 10.5 Å². The third kappa shape index (κ3) is 3.82. The van der Waals surface area contributed by atoms with Crippen molar-refractivity contribution in [2.24, 2.45) is 16.6 Å². The van der Waals surface area contributed by atoms with E-state index in [4.69, 9.17) is 15.5 Å². The van der Waals surface area contributed by atoms with Crippen LogP contribution in [0.5, 0.6) is 5.75 Å². The Labute approximate surface area is 215 Å². The van der Waals surface area contributed by atoms with Crippen LogP contribution in [0, 0.1) is 17.2 Å². The largest absolute Gasteiger partial charge is 0.485 e. The van der Waals surface area contributed by atoms with Crippen molar-refractivity contribution in [2.75, 3.05) is 0 Å². The van der Waals surface area contributed by atoms with Crippen molar-refractivity contribution in [3.05, 3.63) is 125 Å². The van der Waals surface area contributed by atoms with E-state index in [0.29, 0.717) is 23.3 Å². The molecule has 2 aliphatic rings. The Hall–Kier alpha value is -4.89. The summed E-state index contributed by atoms with van der Waals surface area (Å²) in [5.41, 5.74) is 9.88. The lowest BCUT2D eigenvalue weighted by atomic mass is 9.68. The number of guanidine groups is 1. The van der Waals surface area contributed by atoms with E-state index < -0.39 is 11.6 Å². The predicted octanol–water partition coefficient (Wildman–Crippen LogP) is 4.86. The molecule has 6 heteroatoms. The third-order valence-electron chi connectivity index (χ3n) is 7.18. The fourth-order valence-corrected chi connectivity index (χ4v) is 5.50. The van der Waals surface area contributed by atoms with Gasteiger partial charge in [-0.2, -0.15) is 5.26 Å². The molecule has 0 aromatic heterocycles. The van der Waals surface area contributed by atoms with Gasteiger partial charge in [-0.25, -0.2) is 4.99 Å². The molecule has 1 unspecified atom stereocenters. The Morgan fingerprint density at radius 1 is 0.919 bits per heavy atom. The van der Waals surface area contributed by atoms with Crippen LogP contribution >= 0.6 is 0 Å². The van der Waals surface area contributed by atoms with Crippen molar-refractivity contribution in [3.63, 3.8) is 0 Å². The van der Waals surface area contributed by atoms with Crippen LogP contribution < -0.4 is 15.8 Å². The number of nitrogens with one attached hydrogen (secondary N) is 1. The molecular formula is C31H24N4O2. The number of nitrogens with two attached hydrogens (primary N) is 1. The fraction of sp³-hybridized carbons (Fsp3) is 0.129. The summed E-state index contributed by atoms with van der Waals surface area (Å²) in [4.78, 5) is 18.7. The molecule has 0 fully saturated rings. The van der Waals surface area contributed by atoms with Gasteiger partial charge in [0, 0.05) is 11.5 Å². The first-order valence-electron chi connectivity index (χ1n) is 12.2. The van der Waals surface area contributed by atoms with Crippen LogP contribution in [-0.4, -0.2) is 11.9 Å². The number of rotatable bonds is 4. The second kappa shape index (κ2) is 8.96. The number of fused-ring (bicyclic) bond motifs is 2. The zero-order valence-corrected chi connectivity index (χ0v) is 20.0. The summed E-state index contributed by atoms with van der Waals surface area (Å²) in [6.07, 6.45) is 0.125. The highest BCUT2D eigenvalue weighted by atomic mass is 16.5. The molecule has 180 valence electrons. The molecule has 3 N–H and O–H groups in total. The van der Waals surface area contributed by atoms with Crippen molar-refractivity contribution >= 4 is 11.9 Å². The van der Waals surface area contributed by atoms with Crippen LogP contribution in [-0.2, 0) is 16.8 Å². The molecule has 0 bridgehead atoms. The van der Waals surface area contributed by atoms with E-state index in [9.17, 15) is 10.1 Å². The quantitative estimate of drug-likeness (QED) is 0.432. The molecule has 0 saturated carbocycles. The van der Waals surface area contributed by atoms with E-state index in [2.05, 4.69) is 23.5 Å². The Morgan fingerprint density at radius 2 is 1.65 bits per heavy atom. The molecule has 0 saturated heterocycles. The van der Waals surface area contributed by atoms with Gasteiger partial charge in [-0.3, -0.25) is 10.1 Å². The standard InChI is InChI=1S/C31H24N4O2/c32-19-21-10-7-13-23(16-21)24-14-15-27-25(18-24)31(29(36)34-30(33)35-31)26(17-20-8-3-1-4-9-20)28(37-27)22-11-5-2-6-12-22/h1-16,18,26,28H,17H2,(H3,33,34,35,36)/t26?,28-,31+/m1/s1. The Morgan fingerprint density at radius 3 is 2.35 bits per heavy atom. The lowest BCUT2D eigenvalue weighted by molar-refractivity contribution is -0.129. The number of carbonyl (C=O) groups is 1. The summed E-state index contributed by atoms with van der Waals surface area (Å²) in [7, 11) is 0. The second-order valence-corrected chi connectivity index (χ2v) is 9.37. The molecule has 1 spiro atoms. The monoisotopic (exact) mass is 484 g/mol. The van der Waals surface area contributed by atoms with Crippen molar-refractivity contribution in [3.8, 4) is 22.9 Å². The van der Waals surface area contributed by atoms with Gasteiger partial charge in [0.2, 0.25) is 0 Å². The zero-order valence-electron chi connectivity index (χ0n) is 20.0. The Kier molecular flexibility index (Phi) is 5.46. The van der Waals surface area contributed by atoms with Gasteiger partial charge in [-0.1, -0.05) is 78.9 Å². The van der Waals surface area contributed by atoms with Crippen molar-refractivity contribution < 1.29 is 9.53 Å². The molecular weight excluding hydrogens is 460 g/mol. The first-order chi connectivity index (χ1) is 18.1. The van der Waals surface area contributed by atoms with Crippen LogP contribution in [0.4, 0.5) is 0 Å². The average Bonchev–Trinajstić information content (AvgIpc) is 3.24. The number of ether oxygens (including phenoxy) is 1. The smallest absolute Gasteiger partial charge is 0.259 e. The van der Waals surface area contributed by atoms with Gasteiger partial charge in [-0.05, 0) is 52.9 Å². The second-order valence-electron chi connectivity index (χ2n) is 9.37. The minimum atomic E-state index is -1.28. The first kappa shape index (κ1) is 22.6. The molecule has 0 radical (unpaired) electrons. The van der Waals surface area contributed by atoms with Crippen molar-refractivity contribution in [2.45, 2.75) is 18.1 Å². The number of amides is 1. The van der Waals surface area contributed by atoms with E-state index in [-0.39, 0.29) is 17.8 Å². The summed E-state index contributed by atoms with van der Waals surface area (Å²) >= 11 is 0. The SMILES string of the molecule is N#Cc1cccc(-c2ccc3c(c2)[C@]2(N=C(N)NC2=O)C(Cc2ccccc2)[C@@H](c2ccccc2)O3)c1. The maximum atomic E-state index is 13.8. The number of benzene rings is 4. The van der Waals surface area contributed by atoms with E-state index in [1.165, 1.54) is 0 Å². The minimum absolute atomic E-state index is 0.0969. The van der Waals surface area contributed by atoms with Crippen molar-refractivity contribution in [1.82, 2.24) is 5.32 Å². The number of nitrogens with zero attached hydrogens (tertiary/aromatic N) is 2. The highest BCUT2D eigenvalue weighted by Gasteiger charge is 2.58. The van der Waals surface area contributed by atoms with Crippen LogP contribution in [0.3, 0.4) is 0 Å². The first-order valence-corrected chi connectivity index (χ1v) is 12.2. The minimum Gasteiger partial charge on any atom is -0.485 e. The number of nitriles is 1. The zero-order chi connectivity index (χ0) is 25.4. The van der Waals surface area contributed by atoms with E-state index in [1.807, 2.05) is 84.9 Å². The number of aliphatic imine (C=N–C) groups is 1. The number of hydrogen-bond donors (Lipinski definition) is 2. The molecule has 0 aliphatic carbocycles. The molecule has 6 rings (SSSR count). The highest BCUT2D eigenvalue weighted by Crippen LogP contribution is 2.54. The maximum Gasteiger partial charge on any atom is 0.259 e. The lowest BCUT2D eigenvalue weighted by Crippen LogP contribution is -2.50. The summed E-state index contributed by atoms with van der Waals surface area (Å²) in [5.74, 6) is 0.0532. The Balaban J connectivity index is 1.58. The van der Waals surface area contributed by atoms with Crippen LogP contribution in [0.2, 0.25) is 0 Å². The summed E-state index contributed by atoms with van der Waals surface area (Å²) in [6.45, 7) is 0.